The van der Waals surface area contributed by atoms with E-state index in [0.29, 0.717) is 21.4 Å². The molecular weight excluding hydrogens is 595 g/mol. The lowest BCUT2D eigenvalue weighted by atomic mass is 9.69. The van der Waals surface area contributed by atoms with Crippen molar-refractivity contribution in [2.45, 2.75) is 83.6 Å². The predicted molar refractivity (Wildman–Crippen MR) is 172 cm³/mol. The van der Waals surface area contributed by atoms with Crippen molar-refractivity contribution in [2.24, 2.45) is 5.41 Å². The first-order valence-electron chi connectivity index (χ1n) is 16.2. The molecule has 1 saturated carbocycles. The molecule has 1 aromatic carbocycles. The molecule has 1 aliphatic carbocycles. The van der Waals surface area contributed by atoms with E-state index in [-0.39, 0.29) is 10.9 Å². The van der Waals surface area contributed by atoms with Gasteiger partial charge in [-0.2, -0.15) is 18.4 Å². The van der Waals surface area contributed by atoms with Crippen LogP contribution in [0.25, 0.3) is 21.1 Å². The van der Waals surface area contributed by atoms with Crippen LogP contribution in [0.3, 0.4) is 0 Å². The van der Waals surface area contributed by atoms with Crippen molar-refractivity contribution in [2.75, 3.05) is 38.0 Å². The summed E-state index contributed by atoms with van der Waals surface area (Å²) in [5.74, 6) is 0.616. The number of benzene rings is 1. The average Bonchev–Trinajstić information content (AvgIpc) is 3.58. The fraction of sp³-hybridized carbons (Fsp3) is 0.559. The monoisotopic (exact) mass is 635 g/mol. The number of anilines is 1. The van der Waals surface area contributed by atoms with Crippen molar-refractivity contribution in [1.82, 2.24) is 24.3 Å². The zero-order valence-electron chi connectivity index (χ0n) is 25.8. The summed E-state index contributed by atoms with van der Waals surface area (Å²) in [6.07, 6.45) is 4.98. The van der Waals surface area contributed by atoms with Crippen LogP contribution in [0.4, 0.5) is 19.0 Å². The van der Waals surface area contributed by atoms with E-state index in [9.17, 15) is 18.4 Å². The first-order chi connectivity index (χ1) is 21.7. The van der Waals surface area contributed by atoms with Crippen molar-refractivity contribution in [3.8, 4) is 6.07 Å². The zero-order chi connectivity index (χ0) is 31.2. The number of alkyl halides is 3. The van der Waals surface area contributed by atoms with Gasteiger partial charge in [-0.3, -0.25) is 4.90 Å². The standard InChI is InChI=1S/C34H40F3N7S/c1-23-24(5-6-30-28(23)15-26(18-38)44(30)14-13-43-20-33(21-43)9-3-2-4-10-33)19-42-11-7-25(8-12-42)41-31-29-16-27(17-34(35,36)37)45-32(29)40-22-39-31/h5-6,15-16,22,25H,2-4,7-14,17,19-21H2,1H3,(H,39,40,41). The maximum Gasteiger partial charge on any atom is 0.393 e. The van der Waals surface area contributed by atoms with Crippen molar-refractivity contribution < 1.29 is 13.2 Å². The quantitative estimate of drug-likeness (QED) is 0.220. The number of piperidine rings is 1. The summed E-state index contributed by atoms with van der Waals surface area (Å²) in [6, 6.07) is 10.7. The largest absolute Gasteiger partial charge is 0.393 e. The Morgan fingerprint density at radius 2 is 1.80 bits per heavy atom. The summed E-state index contributed by atoms with van der Waals surface area (Å²) >= 11 is 1.08. The Morgan fingerprint density at radius 3 is 2.53 bits per heavy atom. The summed E-state index contributed by atoms with van der Waals surface area (Å²) in [5, 5.41) is 15.3. The summed E-state index contributed by atoms with van der Waals surface area (Å²) in [5.41, 5.74) is 4.97. The number of nitrogens with zero attached hydrogens (tertiary/aromatic N) is 6. The van der Waals surface area contributed by atoms with E-state index in [0.717, 1.165) is 68.1 Å². The lowest BCUT2D eigenvalue weighted by Gasteiger charge is -2.52. The molecule has 7 nitrogen and oxygen atoms in total. The van der Waals surface area contributed by atoms with Crippen LogP contribution in [0.15, 0.2) is 30.6 Å². The molecule has 5 heterocycles. The summed E-state index contributed by atoms with van der Waals surface area (Å²) in [7, 11) is 0. The molecule has 11 heteroatoms. The molecule has 0 amide bonds. The Balaban J connectivity index is 0.964. The zero-order valence-corrected chi connectivity index (χ0v) is 26.6. The minimum Gasteiger partial charge on any atom is -0.367 e. The molecule has 0 radical (unpaired) electrons. The van der Waals surface area contributed by atoms with Gasteiger partial charge in [-0.05, 0) is 67.3 Å². The third-order valence-electron chi connectivity index (χ3n) is 10.3. The molecule has 0 bridgehead atoms. The summed E-state index contributed by atoms with van der Waals surface area (Å²) in [4.78, 5) is 14.4. The third-order valence-corrected chi connectivity index (χ3v) is 11.4. The number of halogens is 3. The molecule has 238 valence electrons. The second-order valence-corrected chi connectivity index (χ2v) is 14.6. The van der Waals surface area contributed by atoms with Crippen molar-refractivity contribution in [3.63, 3.8) is 0 Å². The van der Waals surface area contributed by atoms with E-state index < -0.39 is 12.6 Å². The van der Waals surface area contributed by atoms with Gasteiger partial charge in [0.15, 0.2) is 0 Å². The van der Waals surface area contributed by atoms with Crippen LogP contribution in [0.5, 0.6) is 0 Å². The number of rotatable bonds is 8. The highest BCUT2D eigenvalue weighted by atomic mass is 32.1. The minimum absolute atomic E-state index is 0.195. The number of nitrogens with one attached hydrogen (secondary N) is 1. The van der Waals surface area contributed by atoms with Gasteiger partial charge in [-0.25, -0.2) is 9.97 Å². The number of nitriles is 1. The van der Waals surface area contributed by atoms with Crippen molar-refractivity contribution in [3.05, 3.63) is 52.3 Å². The number of hydrogen-bond acceptors (Lipinski definition) is 7. The van der Waals surface area contributed by atoms with Gasteiger partial charge < -0.3 is 14.8 Å². The topological polar surface area (TPSA) is 73.0 Å². The fourth-order valence-corrected chi connectivity index (χ4v) is 8.95. The van der Waals surface area contributed by atoms with Gasteiger partial charge >= 0.3 is 6.18 Å². The Labute approximate surface area is 266 Å². The van der Waals surface area contributed by atoms with E-state index in [1.165, 1.54) is 68.0 Å². The van der Waals surface area contributed by atoms with Gasteiger partial charge in [0.05, 0.1) is 11.8 Å². The summed E-state index contributed by atoms with van der Waals surface area (Å²) in [6.45, 7) is 9.10. The fourth-order valence-electron chi connectivity index (χ4n) is 7.92. The second-order valence-electron chi connectivity index (χ2n) is 13.5. The average molecular weight is 636 g/mol. The highest BCUT2D eigenvalue weighted by molar-refractivity contribution is 7.18. The van der Waals surface area contributed by atoms with Gasteiger partial charge in [0, 0.05) is 67.6 Å². The number of likely N-dealkylation sites (tertiary alicyclic amines) is 2. The van der Waals surface area contributed by atoms with Gasteiger partial charge in [0.1, 0.15) is 28.7 Å². The third kappa shape index (κ3) is 6.42. The smallest absolute Gasteiger partial charge is 0.367 e. The maximum absolute atomic E-state index is 12.9. The van der Waals surface area contributed by atoms with Gasteiger partial charge in [0.2, 0.25) is 0 Å². The number of hydrogen-bond donors (Lipinski definition) is 1. The lowest BCUT2D eigenvalue weighted by molar-refractivity contribution is -0.126. The molecule has 1 spiro atoms. The number of aryl methyl sites for hydroxylation is 1. The van der Waals surface area contributed by atoms with Gasteiger partial charge in [0.25, 0.3) is 0 Å². The van der Waals surface area contributed by atoms with Crippen molar-refractivity contribution in [1.29, 1.82) is 5.26 Å². The molecule has 7 rings (SSSR count). The van der Waals surface area contributed by atoms with Crippen molar-refractivity contribution >= 4 is 38.3 Å². The molecule has 2 saturated heterocycles. The van der Waals surface area contributed by atoms with Crippen LogP contribution in [-0.2, 0) is 19.5 Å². The van der Waals surface area contributed by atoms with E-state index in [1.807, 2.05) is 0 Å². The number of fused-ring (bicyclic) bond motifs is 2. The van der Waals surface area contributed by atoms with Gasteiger partial charge in [-0.1, -0.05) is 25.3 Å². The molecule has 3 aromatic heterocycles. The molecule has 3 aliphatic rings. The van der Waals surface area contributed by atoms with Crippen LogP contribution in [0.1, 0.15) is 66.6 Å². The summed E-state index contributed by atoms with van der Waals surface area (Å²) < 4.78 is 41.0. The molecule has 0 atom stereocenters. The first-order valence-corrected chi connectivity index (χ1v) is 17.0. The van der Waals surface area contributed by atoms with Crippen LogP contribution in [0.2, 0.25) is 0 Å². The van der Waals surface area contributed by atoms with Crippen LogP contribution < -0.4 is 5.32 Å². The molecule has 3 fully saturated rings. The number of aromatic nitrogens is 3. The van der Waals surface area contributed by atoms with Crippen LogP contribution >= 0.6 is 11.3 Å². The van der Waals surface area contributed by atoms with E-state index in [2.05, 4.69) is 60.8 Å². The Morgan fingerprint density at radius 1 is 1.02 bits per heavy atom. The highest BCUT2D eigenvalue weighted by Gasteiger charge is 2.42. The molecule has 2 aliphatic heterocycles. The molecule has 1 N–H and O–H groups in total. The van der Waals surface area contributed by atoms with E-state index in [4.69, 9.17) is 0 Å². The molecule has 4 aromatic rings. The number of thiophene rings is 1. The molecule has 45 heavy (non-hydrogen) atoms. The Hall–Kier alpha value is -3.20. The first kappa shape index (κ1) is 30.5. The SMILES string of the molecule is Cc1c(CN2CCC(Nc3ncnc4sc(CC(F)(F)F)cc34)CC2)ccc2c1cc(C#N)n2CCN1CC2(CCCCC2)C1. The minimum atomic E-state index is -4.24. The van der Waals surface area contributed by atoms with Gasteiger partial charge in [-0.15, -0.1) is 11.3 Å². The Bertz CT molecular complexity index is 1710. The van der Waals surface area contributed by atoms with Crippen LogP contribution in [0, 0.1) is 23.7 Å². The normalized spacial score (nSPS) is 19.7. The van der Waals surface area contributed by atoms with E-state index in [1.54, 1.807) is 6.07 Å². The Kier molecular flexibility index (Phi) is 8.25. The highest BCUT2D eigenvalue weighted by Crippen LogP contribution is 2.43. The van der Waals surface area contributed by atoms with Crippen LogP contribution in [-0.4, -0.2) is 69.3 Å². The predicted octanol–water partition coefficient (Wildman–Crippen LogP) is 7.27. The second kappa shape index (κ2) is 12.2. The molecule has 0 unspecified atom stereocenters. The van der Waals surface area contributed by atoms with E-state index >= 15 is 0 Å². The maximum atomic E-state index is 12.9. The molecular formula is C34H40F3N7S. The lowest BCUT2D eigenvalue weighted by Crippen LogP contribution is -2.57.